The molecule has 2 aromatic rings. The molecular weight excluding hydrogens is 465 g/mol. The molecule has 5 nitrogen and oxygen atoms in total. The lowest BCUT2D eigenvalue weighted by molar-refractivity contribution is 0.0600. The second-order valence-electron chi connectivity index (χ2n) is 6.75. The van der Waals surface area contributed by atoms with E-state index in [9.17, 15) is 4.79 Å². The zero-order valence-electron chi connectivity index (χ0n) is 16.4. The maximum Gasteiger partial charge on any atom is 0.337 e. The van der Waals surface area contributed by atoms with Crippen molar-refractivity contribution in [3.63, 3.8) is 0 Å². The van der Waals surface area contributed by atoms with Crippen LogP contribution in [0.1, 0.15) is 33.8 Å². The minimum atomic E-state index is -0.304. The van der Waals surface area contributed by atoms with E-state index in [1.54, 1.807) is 12.1 Å². The number of carbonyl (C=O) groups is 1. The maximum absolute atomic E-state index is 11.5. The fraction of sp³-hybridized carbons (Fsp3) is 0.364. The summed E-state index contributed by atoms with van der Waals surface area (Å²) < 4.78 is 4.73. The van der Waals surface area contributed by atoms with Gasteiger partial charge in [0.15, 0.2) is 5.96 Å². The summed E-state index contributed by atoms with van der Waals surface area (Å²) in [4.78, 5) is 18.3. The van der Waals surface area contributed by atoms with Crippen molar-refractivity contribution in [2.24, 2.45) is 4.99 Å². The van der Waals surface area contributed by atoms with Crippen LogP contribution in [0, 0.1) is 0 Å². The number of carbonyl (C=O) groups excluding carboxylic acids is 1. The maximum atomic E-state index is 11.5. The fourth-order valence-electron chi connectivity index (χ4n) is 3.53. The Morgan fingerprint density at radius 3 is 2.54 bits per heavy atom. The van der Waals surface area contributed by atoms with Crippen LogP contribution < -0.4 is 5.32 Å². The highest BCUT2D eigenvalue weighted by atomic mass is 127. The first-order valence-corrected chi connectivity index (χ1v) is 9.39. The van der Waals surface area contributed by atoms with Gasteiger partial charge in [0, 0.05) is 32.6 Å². The van der Waals surface area contributed by atoms with E-state index in [0.29, 0.717) is 11.5 Å². The van der Waals surface area contributed by atoms with Crippen LogP contribution in [-0.2, 0) is 11.2 Å². The van der Waals surface area contributed by atoms with Crippen LogP contribution in [0.25, 0.3) is 0 Å². The molecule has 150 valence electrons. The number of likely N-dealkylation sites (tertiary alicyclic amines) is 1. The van der Waals surface area contributed by atoms with E-state index in [1.165, 1.54) is 18.2 Å². The number of benzene rings is 2. The Balaban J connectivity index is 0.00000280. The van der Waals surface area contributed by atoms with Crippen LogP contribution in [0.2, 0.25) is 0 Å². The number of ether oxygens (including phenoxy) is 1. The molecule has 1 fully saturated rings. The molecule has 1 N–H and O–H groups in total. The summed E-state index contributed by atoms with van der Waals surface area (Å²) in [6.45, 7) is 2.82. The van der Waals surface area contributed by atoms with E-state index >= 15 is 0 Å². The van der Waals surface area contributed by atoms with Crippen molar-refractivity contribution in [3.05, 3.63) is 71.3 Å². The number of esters is 1. The largest absolute Gasteiger partial charge is 0.465 e. The molecule has 1 atom stereocenters. The van der Waals surface area contributed by atoms with Gasteiger partial charge in [0.1, 0.15) is 0 Å². The number of aliphatic imine (C=N–C) groups is 1. The van der Waals surface area contributed by atoms with Crippen LogP contribution >= 0.6 is 24.0 Å². The number of rotatable bonds is 5. The van der Waals surface area contributed by atoms with Gasteiger partial charge in [-0.05, 0) is 36.1 Å². The summed E-state index contributed by atoms with van der Waals surface area (Å²) in [6.07, 6.45) is 2.02. The van der Waals surface area contributed by atoms with Crippen LogP contribution in [0.4, 0.5) is 0 Å². The molecule has 1 aliphatic heterocycles. The third-order valence-electron chi connectivity index (χ3n) is 5.04. The van der Waals surface area contributed by atoms with E-state index in [1.807, 2.05) is 19.2 Å². The van der Waals surface area contributed by atoms with Gasteiger partial charge in [0.05, 0.1) is 12.7 Å². The van der Waals surface area contributed by atoms with Crippen molar-refractivity contribution in [1.82, 2.24) is 10.2 Å². The second-order valence-corrected chi connectivity index (χ2v) is 6.75. The van der Waals surface area contributed by atoms with Crippen LogP contribution in [0.15, 0.2) is 59.6 Å². The van der Waals surface area contributed by atoms with Gasteiger partial charge in [-0.15, -0.1) is 24.0 Å². The number of halogens is 1. The molecule has 6 heteroatoms. The first-order valence-electron chi connectivity index (χ1n) is 9.39. The summed E-state index contributed by atoms with van der Waals surface area (Å²) in [6, 6.07) is 18.3. The number of nitrogens with one attached hydrogen (secondary N) is 1. The molecule has 0 bridgehead atoms. The molecule has 1 unspecified atom stereocenters. The van der Waals surface area contributed by atoms with Gasteiger partial charge < -0.3 is 15.0 Å². The molecule has 2 aromatic carbocycles. The Bertz CT molecular complexity index is 778. The molecule has 0 radical (unpaired) electrons. The molecule has 0 aliphatic carbocycles. The van der Waals surface area contributed by atoms with Crippen LogP contribution in [0.5, 0.6) is 0 Å². The monoisotopic (exact) mass is 493 g/mol. The Hall–Kier alpha value is -2.09. The Morgan fingerprint density at radius 2 is 1.89 bits per heavy atom. The number of hydrogen-bond donors (Lipinski definition) is 1. The van der Waals surface area contributed by atoms with Gasteiger partial charge in [-0.1, -0.05) is 42.5 Å². The van der Waals surface area contributed by atoms with E-state index < -0.39 is 0 Å². The summed E-state index contributed by atoms with van der Waals surface area (Å²) in [5, 5.41) is 3.46. The topological polar surface area (TPSA) is 53.9 Å². The number of methoxy groups -OCH3 is 1. The zero-order chi connectivity index (χ0) is 19.1. The number of guanidine groups is 1. The standard InChI is InChI=1S/C22H27N3O2.HI/c1-23-22(25-15-13-20(16-25)18-6-4-3-5-7-18)24-14-12-17-8-10-19(11-9-17)21(26)27-2;/h3-11,20H,12-16H2,1-2H3,(H,23,24);1H. The molecule has 3 rings (SSSR count). The third-order valence-corrected chi connectivity index (χ3v) is 5.04. The predicted molar refractivity (Wildman–Crippen MR) is 124 cm³/mol. The Labute approximate surface area is 184 Å². The van der Waals surface area contributed by atoms with Gasteiger partial charge in [-0.25, -0.2) is 4.79 Å². The molecule has 0 amide bonds. The van der Waals surface area contributed by atoms with E-state index in [4.69, 9.17) is 4.74 Å². The Morgan fingerprint density at radius 1 is 1.18 bits per heavy atom. The van der Waals surface area contributed by atoms with Crippen LogP contribution in [-0.4, -0.2) is 50.6 Å². The second kappa shape index (κ2) is 11.0. The molecule has 1 aliphatic rings. The van der Waals surface area contributed by atoms with Crippen molar-refractivity contribution < 1.29 is 9.53 Å². The SMILES string of the molecule is CN=C(NCCc1ccc(C(=O)OC)cc1)N1CCC(c2ccccc2)C1.I. The molecule has 0 aromatic heterocycles. The van der Waals surface area contributed by atoms with E-state index in [2.05, 4.69) is 45.5 Å². The summed E-state index contributed by atoms with van der Waals surface area (Å²) in [5.41, 5.74) is 3.16. The van der Waals surface area contributed by atoms with Gasteiger partial charge in [-0.2, -0.15) is 0 Å². The molecule has 0 saturated carbocycles. The van der Waals surface area contributed by atoms with Gasteiger partial charge in [-0.3, -0.25) is 4.99 Å². The summed E-state index contributed by atoms with van der Waals surface area (Å²) in [5.74, 6) is 1.22. The van der Waals surface area contributed by atoms with E-state index in [0.717, 1.165) is 38.4 Å². The zero-order valence-corrected chi connectivity index (χ0v) is 18.8. The third kappa shape index (κ3) is 5.70. The minimum absolute atomic E-state index is 0. The lowest BCUT2D eigenvalue weighted by Crippen LogP contribution is -2.40. The molecule has 1 heterocycles. The number of nitrogens with zero attached hydrogens (tertiary/aromatic N) is 2. The highest BCUT2D eigenvalue weighted by Crippen LogP contribution is 2.26. The molecular formula is C22H28IN3O2. The molecule has 28 heavy (non-hydrogen) atoms. The van der Waals surface area contributed by atoms with Crippen molar-refractivity contribution >= 4 is 35.9 Å². The van der Waals surface area contributed by atoms with Crippen LogP contribution in [0.3, 0.4) is 0 Å². The molecule has 1 saturated heterocycles. The first kappa shape index (κ1) is 22.2. The van der Waals surface area contributed by atoms with Crippen molar-refractivity contribution in [1.29, 1.82) is 0 Å². The predicted octanol–water partition coefficient (Wildman–Crippen LogP) is 3.70. The Kier molecular flexibility index (Phi) is 8.76. The lowest BCUT2D eigenvalue weighted by Gasteiger charge is -2.22. The minimum Gasteiger partial charge on any atom is -0.465 e. The van der Waals surface area contributed by atoms with Crippen molar-refractivity contribution in [2.75, 3.05) is 33.8 Å². The highest BCUT2D eigenvalue weighted by molar-refractivity contribution is 14.0. The quantitative estimate of drug-likeness (QED) is 0.299. The molecule has 0 spiro atoms. The first-order chi connectivity index (χ1) is 13.2. The average molecular weight is 493 g/mol. The van der Waals surface area contributed by atoms with Crippen molar-refractivity contribution in [3.8, 4) is 0 Å². The lowest BCUT2D eigenvalue weighted by atomic mass is 9.99. The smallest absolute Gasteiger partial charge is 0.337 e. The normalized spacial score (nSPS) is 16.4. The summed E-state index contributed by atoms with van der Waals surface area (Å²) >= 11 is 0. The highest BCUT2D eigenvalue weighted by Gasteiger charge is 2.25. The fourth-order valence-corrected chi connectivity index (χ4v) is 3.53. The average Bonchev–Trinajstić information content (AvgIpc) is 3.22. The van der Waals surface area contributed by atoms with E-state index in [-0.39, 0.29) is 29.9 Å². The van der Waals surface area contributed by atoms with Gasteiger partial charge in [0.25, 0.3) is 0 Å². The van der Waals surface area contributed by atoms with Crippen molar-refractivity contribution in [2.45, 2.75) is 18.8 Å². The van der Waals surface area contributed by atoms with Gasteiger partial charge >= 0.3 is 5.97 Å². The number of hydrogen-bond acceptors (Lipinski definition) is 3. The summed E-state index contributed by atoms with van der Waals surface area (Å²) in [7, 11) is 3.23. The van der Waals surface area contributed by atoms with Gasteiger partial charge in [0.2, 0.25) is 0 Å².